The van der Waals surface area contributed by atoms with Crippen molar-refractivity contribution in [2.24, 2.45) is 29.6 Å². The molecule has 3 aliphatic carbocycles. The van der Waals surface area contributed by atoms with Gasteiger partial charge in [-0.25, -0.2) is 0 Å². The van der Waals surface area contributed by atoms with Crippen molar-refractivity contribution in [3.63, 3.8) is 0 Å². The summed E-state index contributed by atoms with van der Waals surface area (Å²) in [4.78, 5) is 14.8. The summed E-state index contributed by atoms with van der Waals surface area (Å²) >= 11 is 3.48. The number of hydrogen-bond donors (Lipinski definition) is 0. The van der Waals surface area contributed by atoms with Gasteiger partial charge < -0.3 is 9.64 Å². The van der Waals surface area contributed by atoms with E-state index in [-0.39, 0.29) is 12.2 Å². The number of morpholine rings is 1. The zero-order valence-electron chi connectivity index (χ0n) is 11.4. The fraction of sp³-hybridized carbons (Fsp3) is 0.933. The van der Waals surface area contributed by atoms with E-state index in [0.29, 0.717) is 11.8 Å². The van der Waals surface area contributed by atoms with Crippen molar-refractivity contribution in [3.05, 3.63) is 0 Å². The van der Waals surface area contributed by atoms with Crippen molar-refractivity contribution in [1.82, 2.24) is 4.90 Å². The van der Waals surface area contributed by atoms with Crippen molar-refractivity contribution in [2.45, 2.75) is 38.4 Å². The van der Waals surface area contributed by atoms with Crippen molar-refractivity contribution in [1.29, 1.82) is 0 Å². The van der Waals surface area contributed by atoms with Crippen molar-refractivity contribution < 1.29 is 9.53 Å². The maximum absolute atomic E-state index is 12.8. The first-order chi connectivity index (χ1) is 9.19. The molecule has 1 amide bonds. The molecule has 0 aromatic carbocycles. The first-order valence-corrected chi connectivity index (χ1v) is 8.81. The number of ether oxygens (including phenoxy) is 1. The standard InChI is InChI=1S/C15H22BrNO2/c1-8-6-17(7-11(5-16)19-8)15(18)14-12-9-2-3-10(4-9)13(12)14/h8-14H,2-7H2,1H3. The number of alkyl halides is 1. The van der Waals surface area contributed by atoms with E-state index in [0.717, 1.165) is 42.1 Å². The second-order valence-electron chi connectivity index (χ2n) is 6.98. The smallest absolute Gasteiger partial charge is 0.226 e. The van der Waals surface area contributed by atoms with Crippen LogP contribution < -0.4 is 0 Å². The third-order valence-corrected chi connectivity index (χ3v) is 6.55. The molecule has 2 bridgehead atoms. The molecule has 0 aromatic heterocycles. The van der Waals surface area contributed by atoms with Gasteiger partial charge in [0.15, 0.2) is 0 Å². The Morgan fingerprint density at radius 2 is 1.95 bits per heavy atom. The van der Waals surface area contributed by atoms with E-state index in [9.17, 15) is 4.79 Å². The van der Waals surface area contributed by atoms with Gasteiger partial charge in [-0.2, -0.15) is 0 Å². The predicted molar refractivity (Wildman–Crippen MR) is 76.0 cm³/mol. The molecule has 6 atom stereocenters. The van der Waals surface area contributed by atoms with Gasteiger partial charge in [0, 0.05) is 24.3 Å². The second kappa shape index (κ2) is 4.45. The first-order valence-electron chi connectivity index (χ1n) is 7.69. The van der Waals surface area contributed by atoms with E-state index in [1.165, 1.54) is 19.3 Å². The predicted octanol–water partition coefficient (Wildman–Crippen LogP) is 2.29. The van der Waals surface area contributed by atoms with Crippen molar-refractivity contribution in [2.75, 3.05) is 18.4 Å². The SMILES string of the molecule is CC1CN(C(=O)C2C3C4CCC(C4)C23)CC(CBr)O1. The van der Waals surface area contributed by atoms with Crippen LogP contribution in [-0.2, 0) is 9.53 Å². The molecular weight excluding hydrogens is 306 g/mol. The molecule has 3 saturated carbocycles. The Hall–Kier alpha value is -0.0900. The fourth-order valence-electron chi connectivity index (χ4n) is 5.18. The van der Waals surface area contributed by atoms with Gasteiger partial charge in [0.05, 0.1) is 12.2 Å². The highest BCUT2D eigenvalue weighted by Gasteiger charge is 2.68. The first kappa shape index (κ1) is 12.6. The lowest BCUT2D eigenvalue weighted by atomic mass is 10.0. The van der Waals surface area contributed by atoms with Crippen LogP contribution in [0.1, 0.15) is 26.2 Å². The Balaban J connectivity index is 1.44. The van der Waals surface area contributed by atoms with Crippen LogP contribution >= 0.6 is 15.9 Å². The Morgan fingerprint density at radius 1 is 1.26 bits per heavy atom. The van der Waals surface area contributed by atoms with Crippen LogP contribution in [0.3, 0.4) is 0 Å². The lowest BCUT2D eigenvalue weighted by Gasteiger charge is -2.36. The normalized spacial score (nSPS) is 51.3. The van der Waals surface area contributed by atoms with Crippen molar-refractivity contribution >= 4 is 21.8 Å². The summed E-state index contributed by atoms with van der Waals surface area (Å²) in [7, 11) is 0. The summed E-state index contributed by atoms with van der Waals surface area (Å²) in [6.45, 7) is 3.64. The Morgan fingerprint density at radius 3 is 2.58 bits per heavy atom. The van der Waals surface area contributed by atoms with Gasteiger partial charge in [-0.3, -0.25) is 4.79 Å². The van der Waals surface area contributed by atoms with E-state index in [1.54, 1.807) is 0 Å². The highest BCUT2D eigenvalue weighted by molar-refractivity contribution is 9.09. The molecule has 0 aromatic rings. The highest BCUT2D eigenvalue weighted by Crippen LogP contribution is 2.69. The molecule has 6 unspecified atom stereocenters. The molecule has 3 nitrogen and oxygen atoms in total. The number of amides is 1. The molecule has 4 rings (SSSR count). The number of carbonyl (C=O) groups excluding carboxylic acids is 1. The molecule has 106 valence electrons. The molecule has 4 fully saturated rings. The minimum atomic E-state index is 0.169. The van der Waals surface area contributed by atoms with Gasteiger partial charge in [0.1, 0.15) is 0 Å². The Bertz CT molecular complexity index is 386. The lowest BCUT2D eigenvalue weighted by Crippen LogP contribution is -2.50. The molecule has 1 aliphatic heterocycles. The van der Waals surface area contributed by atoms with Crippen LogP contribution in [0.15, 0.2) is 0 Å². The monoisotopic (exact) mass is 327 g/mol. The van der Waals surface area contributed by atoms with E-state index < -0.39 is 0 Å². The molecule has 1 heterocycles. The minimum Gasteiger partial charge on any atom is -0.371 e. The Labute approximate surface area is 123 Å². The quantitative estimate of drug-likeness (QED) is 0.728. The van der Waals surface area contributed by atoms with Crippen LogP contribution in [0.4, 0.5) is 0 Å². The van der Waals surface area contributed by atoms with Crippen LogP contribution in [0.5, 0.6) is 0 Å². The van der Waals surface area contributed by atoms with Gasteiger partial charge in [0.2, 0.25) is 5.91 Å². The minimum absolute atomic E-state index is 0.169. The number of halogens is 1. The summed E-state index contributed by atoms with van der Waals surface area (Å²) in [6.07, 6.45) is 4.54. The van der Waals surface area contributed by atoms with E-state index in [2.05, 4.69) is 27.8 Å². The number of fused-ring (bicyclic) bond motifs is 5. The molecule has 1 saturated heterocycles. The Kier molecular flexibility index (Phi) is 2.96. The summed E-state index contributed by atoms with van der Waals surface area (Å²) in [5, 5.41) is 0.823. The lowest BCUT2D eigenvalue weighted by molar-refractivity contribution is -0.145. The van der Waals surface area contributed by atoms with Crippen LogP contribution in [0, 0.1) is 29.6 Å². The molecule has 0 spiro atoms. The number of carbonyl (C=O) groups is 1. The van der Waals surface area contributed by atoms with Gasteiger partial charge in [0.25, 0.3) is 0 Å². The van der Waals surface area contributed by atoms with Crippen LogP contribution in [-0.4, -0.2) is 41.4 Å². The molecule has 4 heteroatoms. The zero-order chi connectivity index (χ0) is 13.1. The van der Waals surface area contributed by atoms with Gasteiger partial charge in [-0.1, -0.05) is 15.9 Å². The van der Waals surface area contributed by atoms with Crippen molar-refractivity contribution in [3.8, 4) is 0 Å². The summed E-state index contributed by atoms with van der Waals surface area (Å²) in [5.41, 5.74) is 0. The summed E-state index contributed by atoms with van der Waals surface area (Å²) < 4.78 is 5.82. The fourth-order valence-corrected chi connectivity index (χ4v) is 5.53. The maximum atomic E-state index is 12.8. The van der Waals surface area contributed by atoms with Gasteiger partial charge in [-0.05, 0) is 49.9 Å². The topological polar surface area (TPSA) is 29.5 Å². The summed E-state index contributed by atoms with van der Waals surface area (Å²) in [5.74, 6) is 4.10. The van der Waals surface area contributed by atoms with E-state index >= 15 is 0 Å². The average molecular weight is 328 g/mol. The number of hydrogen-bond acceptors (Lipinski definition) is 2. The summed E-state index contributed by atoms with van der Waals surface area (Å²) in [6, 6.07) is 0. The number of rotatable bonds is 2. The van der Waals surface area contributed by atoms with Crippen LogP contribution in [0.2, 0.25) is 0 Å². The third-order valence-electron chi connectivity index (χ3n) is 5.83. The second-order valence-corrected chi connectivity index (χ2v) is 7.63. The molecule has 4 aliphatic rings. The van der Waals surface area contributed by atoms with E-state index in [4.69, 9.17) is 4.74 Å². The van der Waals surface area contributed by atoms with E-state index in [1.807, 2.05) is 0 Å². The zero-order valence-corrected chi connectivity index (χ0v) is 13.0. The largest absolute Gasteiger partial charge is 0.371 e. The molecule has 19 heavy (non-hydrogen) atoms. The van der Waals surface area contributed by atoms with Gasteiger partial charge in [-0.15, -0.1) is 0 Å². The molecule has 0 radical (unpaired) electrons. The molecular formula is C15H22BrNO2. The maximum Gasteiger partial charge on any atom is 0.226 e. The van der Waals surface area contributed by atoms with Crippen LogP contribution in [0.25, 0.3) is 0 Å². The average Bonchev–Trinajstić information content (AvgIpc) is 2.84. The molecule has 0 N–H and O–H groups in total. The van der Waals surface area contributed by atoms with Gasteiger partial charge >= 0.3 is 0 Å². The highest BCUT2D eigenvalue weighted by atomic mass is 79.9. The third kappa shape index (κ3) is 1.90. The number of nitrogens with zero attached hydrogens (tertiary/aromatic N) is 1.